The van der Waals surface area contributed by atoms with Crippen molar-refractivity contribution in [2.45, 2.75) is 17.9 Å². The highest BCUT2D eigenvalue weighted by atomic mass is 32.2. The predicted molar refractivity (Wildman–Crippen MR) is 92.0 cm³/mol. The van der Waals surface area contributed by atoms with Gasteiger partial charge in [-0.2, -0.15) is 13.2 Å². The number of carbonyl (C=O) groups is 1. The molecule has 0 bridgehead atoms. The van der Waals surface area contributed by atoms with Crippen LogP contribution in [0, 0.1) is 0 Å². The number of halogens is 3. The lowest BCUT2D eigenvalue weighted by Gasteiger charge is -2.15. The van der Waals surface area contributed by atoms with E-state index in [9.17, 15) is 18.0 Å². The number of nitrogens with zero attached hydrogens (tertiary/aromatic N) is 5. The van der Waals surface area contributed by atoms with Gasteiger partial charge in [-0.25, -0.2) is 9.66 Å². The molecule has 12 heteroatoms. The van der Waals surface area contributed by atoms with E-state index in [2.05, 4.69) is 15.2 Å². The zero-order chi connectivity index (χ0) is 18.9. The largest absolute Gasteiger partial charge is 0.453 e. The lowest BCUT2D eigenvalue weighted by Crippen LogP contribution is -2.28. The number of thioether (sulfide) groups is 1. The molecule has 0 aliphatic rings. The minimum atomic E-state index is -4.70. The average molecular weight is 402 g/mol. The van der Waals surface area contributed by atoms with Crippen molar-refractivity contribution in [3.8, 4) is 0 Å². The first kappa shape index (κ1) is 18.5. The van der Waals surface area contributed by atoms with Crippen molar-refractivity contribution in [2.75, 3.05) is 18.6 Å². The molecule has 138 valence electrons. The third-order valence-corrected chi connectivity index (χ3v) is 5.33. The van der Waals surface area contributed by atoms with E-state index < -0.39 is 12.0 Å². The summed E-state index contributed by atoms with van der Waals surface area (Å²) in [6.07, 6.45) is -4.70. The quantitative estimate of drug-likeness (QED) is 0.521. The summed E-state index contributed by atoms with van der Waals surface area (Å²) < 4.78 is 39.2. The first-order valence-corrected chi connectivity index (χ1v) is 9.05. The fourth-order valence-corrected chi connectivity index (χ4v) is 3.90. The van der Waals surface area contributed by atoms with Crippen LogP contribution < -0.4 is 5.84 Å². The summed E-state index contributed by atoms with van der Waals surface area (Å²) in [5, 5.41) is 6.98. The summed E-state index contributed by atoms with van der Waals surface area (Å²) in [5.74, 6) is 3.62. The summed E-state index contributed by atoms with van der Waals surface area (Å²) in [5.41, 5.74) is 0.860. The number of amides is 1. The Labute approximate surface area is 154 Å². The Balaban J connectivity index is 1.60. The molecule has 1 amide bonds. The van der Waals surface area contributed by atoms with Crippen LogP contribution in [0.3, 0.4) is 0 Å². The molecular weight excluding hydrogens is 389 g/mol. The number of para-hydroxylation sites is 1. The molecule has 0 unspecified atom stereocenters. The first-order chi connectivity index (χ1) is 12.3. The molecule has 2 heterocycles. The van der Waals surface area contributed by atoms with E-state index >= 15 is 0 Å². The molecule has 26 heavy (non-hydrogen) atoms. The second-order valence-corrected chi connectivity index (χ2v) is 7.35. The van der Waals surface area contributed by atoms with E-state index in [1.54, 1.807) is 7.05 Å². The van der Waals surface area contributed by atoms with Crippen LogP contribution in [-0.2, 0) is 17.5 Å². The molecule has 3 aromatic rings. The minimum absolute atomic E-state index is 0.116. The first-order valence-electron chi connectivity index (χ1n) is 7.24. The number of rotatable bonds is 5. The van der Waals surface area contributed by atoms with Crippen molar-refractivity contribution < 1.29 is 18.0 Å². The highest BCUT2D eigenvalue weighted by Gasteiger charge is 2.38. The molecule has 2 aromatic heterocycles. The Morgan fingerprint density at radius 2 is 2.08 bits per heavy atom. The zero-order valence-electron chi connectivity index (χ0n) is 13.4. The number of benzene rings is 1. The Morgan fingerprint density at radius 3 is 2.73 bits per heavy atom. The van der Waals surface area contributed by atoms with Crippen molar-refractivity contribution in [2.24, 2.45) is 0 Å². The number of hydrogen-bond acceptors (Lipinski definition) is 7. The van der Waals surface area contributed by atoms with Crippen molar-refractivity contribution in [3.63, 3.8) is 0 Å². The average Bonchev–Trinajstić information content (AvgIpc) is 3.14. The van der Waals surface area contributed by atoms with Gasteiger partial charge in [-0.1, -0.05) is 23.9 Å². The maximum absolute atomic E-state index is 12.6. The fraction of sp³-hybridized carbons (Fsp3) is 0.286. The van der Waals surface area contributed by atoms with Crippen molar-refractivity contribution in [3.05, 3.63) is 35.1 Å². The standard InChI is InChI=1S/C14H13F3N6OS2/c1-22(6-10-19-8-4-2-3-5-9(8)26-10)11(24)7-25-13-21-20-12(23(13)18)14(15,16)17/h2-5H,6-7,18H2,1H3. The van der Waals surface area contributed by atoms with Crippen LogP contribution in [-0.4, -0.2) is 43.5 Å². The third kappa shape index (κ3) is 3.90. The number of hydrogen-bond donors (Lipinski definition) is 1. The second kappa shape index (κ2) is 7.11. The third-order valence-electron chi connectivity index (χ3n) is 3.38. The van der Waals surface area contributed by atoms with Gasteiger partial charge in [0.05, 0.1) is 22.5 Å². The number of nitrogens with two attached hydrogens (primary N) is 1. The van der Waals surface area contributed by atoms with E-state index in [4.69, 9.17) is 5.84 Å². The Bertz CT molecular complexity index is 905. The maximum Gasteiger partial charge on any atom is 0.453 e. The normalized spacial score (nSPS) is 11.8. The van der Waals surface area contributed by atoms with Crippen molar-refractivity contribution >= 4 is 39.2 Å². The highest BCUT2D eigenvalue weighted by molar-refractivity contribution is 7.99. The topological polar surface area (TPSA) is 89.9 Å². The number of alkyl halides is 3. The van der Waals surface area contributed by atoms with Crippen LogP contribution in [0.25, 0.3) is 10.2 Å². The van der Waals surface area contributed by atoms with Gasteiger partial charge in [-0.3, -0.25) is 4.79 Å². The van der Waals surface area contributed by atoms with Gasteiger partial charge in [0.15, 0.2) is 0 Å². The molecule has 0 radical (unpaired) electrons. The van der Waals surface area contributed by atoms with Crippen LogP contribution in [0.1, 0.15) is 10.8 Å². The molecule has 7 nitrogen and oxygen atoms in total. The summed E-state index contributed by atoms with van der Waals surface area (Å²) in [4.78, 5) is 18.1. The van der Waals surface area contributed by atoms with E-state index in [0.29, 0.717) is 11.2 Å². The van der Waals surface area contributed by atoms with Crippen LogP contribution in [0.15, 0.2) is 29.4 Å². The molecule has 0 saturated heterocycles. The van der Waals surface area contributed by atoms with Gasteiger partial charge in [0, 0.05) is 7.05 Å². The number of nitrogen functional groups attached to an aromatic ring is 1. The summed E-state index contributed by atoms with van der Waals surface area (Å²) in [7, 11) is 1.60. The maximum atomic E-state index is 12.6. The predicted octanol–water partition coefficient (Wildman–Crippen LogP) is 2.37. The van der Waals surface area contributed by atoms with E-state index in [1.807, 2.05) is 24.3 Å². The Hall–Kier alpha value is -2.34. The molecule has 0 aliphatic carbocycles. The summed E-state index contributed by atoms with van der Waals surface area (Å²) in [6, 6.07) is 7.63. The van der Waals surface area contributed by atoms with Gasteiger partial charge in [-0.15, -0.1) is 21.5 Å². The summed E-state index contributed by atoms with van der Waals surface area (Å²) in [6.45, 7) is 0.307. The Morgan fingerprint density at radius 1 is 1.35 bits per heavy atom. The molecule has 1 aromatic carbocycles. The van der Waals surface area contributed by atoms with Crippen LogP contribution in [0.4, 0.5) is 13.2 Å². The van der Waals surface area contributed by atoms with Gasteiger partial charge in [0.2, 0.25) is 11.1 Å². The number of thiazole rings is 1. The second-order valence-electron chi connectivity index (χ2n) is 5.29. The van der Waals surface area contributed by atoms with Crippen molar-refractivity contribution in [1.82, 2.24) is 24.8 Å². The van der Waals surface area contributed by atoms with Crippen molar-refractivity contribution in [1.29, 1.82) is 0 Å². The van der Waals surface area contributed by atoms with E-state index in [0.717, 1.165) is 27.0 Å². The molecule has 2 N–H and O–H groups in total. The van der Waals surface area contributed by atoms with E-state index in [-0.39, 0.29) is 16.8 Å². The molecule has 0 aliphatic heterocycles. The van der Waals surface area contributed by atoms with Gasteiger partial charge >= 0.3 is 6.18 Å². The molecule has 0 atom stereocenters. The molecular formula is C14H13F3N6OS2. The van der Waals surface area contributed by atoms with Gasteiger partial charge in [-0.05, 0) is 12.1 Å². The SMILES string of the molecule is CN(Cc1nc2ccccc2s1)C(=O)CSc1nnc(C(F)(F)F)n1N. The van der Waals surface area contributed by atoms with Gasteiger partial charge in [0.1, 0.15) is 5.01 Å². The van der Waals surface area contributed by atoms with Crippen LogP contribution >= 0.6 is 23.1 Å². The lowest BCUT2D eigenvalue weighted by atomic mass is 10.3. The van der Waals surface area contributed by atoms with Crippen LogP contribution in [0.5, 0.6) is 0 Å². The number of carbonyl (C=O) groups excluding carboxylic acids is 1. The fourth-order valence-electron chi connectivity index (χ4n) is 2.08. The number of fused-ring (bicyclic) bond motifs is 1. The van der Waals surface area contributed by atoms with E-state index in [1.165, 1.54) is 16.2 Å². The van der Waals surface area contributed by atoms with Crippen LogP contribution in [0.2, 0.25) is 0 Å². The highest BCUT2D eigenvalue weighted by Crippen LogP contribution is 2.29. The number of aromatic nitrogens is 4. The minimum Gasteiger partial charge on any atom is -0.338 e. The Kier molecular flexibility index (Phi) is 5.05. The van der Waals surface area contributed by atoms with Gasteiger partial charge < -0.3 is 10.7 Å². The molecule has 0 fully saturated rings. The smallest absolute Gasteiger partial charge is 0.338 e. The molecule has 0 spiro atoms. The summed E-state index contributed by atoms with van der Waals surface area (Å²) >= 11 is 2.27. The zero-order valence-corrected chi connectivity index (χ0v) is 15.0. The lowest BCUT2D eigenvalue weighted by molar-refractivity contribution is -0.146. The monoisotopic (exact) mass is 402 g/mol. The van der Waals surface area contributed by atoms with Gasteiger partial charge in [0.25, 0.3) is 5.82 Å². The molecule has 0 saturated carbocycles. The molecule has 3 rings (SSSR count).